The van der Waals surface area contributed by atoms with E-state index in [1.807, 2.05) is 20.8 Å². The van der Waals surface area contributed by atoms with Crippen LogP contribution in [0.5, 0.6) is 5.75 Å². The van der Waals surface area contributed by atoms with E-state index in [-0.39, 0.29) is 34.0 Å². The lowest BCUT2D eigenvalue weighted by Gasteiger charge is -2.42. The van der Waals surface area contributed by atoms with Crippen molar-refractivity contribution in [1.82, 2.24) is 5.01 Å². The molecule has 2 aliphatic rings. The number of hydrogen-bond donors (Lipinski definition) is 1. The molecule has 5 nitrogen and oxygen atoms in total. The van der Waals surface area contributed by atoms with Gasteiger partial charge in [0.2, 0.25) is 0 Å². The van der Waals surface area contributed by atoms with Gasteiger partial charge in [-0.2, -0.15) is 23.3 Å². The lowest BCUT2D eigenvalue weighted by atomic mass is 9.66. The molecule has 0 bridgehead atoms. The average Bonchev–Trinajstić information content (AvgIpc) is 2.94. The first-order valence-corrected chi connectivity index (χ1v) is 9.24. The van der Waals surface area contributed by atoms with Crippen molar-refractivity contribution in [3.63, 3.8) is 0 Å². The molecule has 1 saturated carbocycles. The number of alkyl halides is 3. The summed E-state index contributed by atoms with van der Waals surface area (Å²) in [7, 11) is 1.40. The number of hydrogen-bond acceptors (Lipinski definition) is 4. The predicted molar refractivity (Wildman–Crippen MR) is 97.9 cm³/mol. The molecule has 0 radical (unpaired) electrons. The van der Waals surface area contributed by atoms with Gasteiger partial charge in [-0.1, -0.05) is 26.8 Å². The van der Waals surface area contributed by atoms with Crippen molar-refractivity contribution in [2.45, 2.75) is 51.9 Å². The minimum atomic E-state index is -5.04. The van der Waals surface area contributed by atoms with E-state index < -0.39 is 23.7 Å². The Morgan fingerprint density at radius 3 is 2.57 bits per heavy atom. The van der Waals surface area contributed by atoms with E-state index >= 15 is 0 Å². The number of carbonyl (C=O) groups excluding carboxylic acids is 1. The van der Waals surface area contributed by atoms with Gasteiger partial charge in [0.15, 0.2) is 0 Å². The molecule has 0 spiro atoms. The first-order chi connectivity index (χ1) is 12.9. The fraction of sp³-hybridized carbons (Fsp3) is 0.600. The lowest BCUT2D eigenvalue weighted by Crippen LogP contribution is -2.62. The Labute approximate surface area is 162 Å². The lowest BCUT2D eigenvalue weighted by molar-refractivity contribution is -0.314. The molecule has 0 aromatic heterocycles. The fourth-order valence-corrected chi connectivity index (χ4v) is 4.09. The molecule has 1 aliphatic carbocycles. The summed E-state index contributed by atoms with van der Waals surface area (Å²) in [6.45, 7) is 5.92. The van der Waals surface area contributed by atoms with Gasteiger partial charge in [-0.15, -0.1) is 0 Å². The van der Waals surface area contributed by atoms with Crippen LogP contribution >= 0.6 is 0 Å². The van der Waals surface area contributed by atoms with E-state index in [2.05, 4.69) is 5.10 Å². The van der Waals surface area contributed by atoms with Crippen molar-refractivity contribution in [3.05, 3.63) is 29.8 Å². The smallest absolute Gasteiger partial charge is 0.439 e. The van der Waals surface area contributed by atoms with E-state index in [4.69, 9.17) is 4.74 Å². The topological polar surface area (TPSA) is 62.1 Å². The summed E-state index contributed by atoms with van der Waals surface area (Å²) in [5.41, 5.74) is -3.36. The molecule has 28 heavy (non-hydrogen) atoms. The number of rotatable bonds is 2. The molecule has 0 saturated heterocycles. The molecule has 1 aliphatic heterocycles. The van der Waals surface area contributed by atoms with Gasteiger partial charge in [0.05, 0.1) is 13.0 Å². The number of aliphatic hydroxyl groups is 1. The Bertz CT molecular complexity index is 801. The summed E-state index contributed by atoms with van der Waals surface area (Å²) in [4.78, 5) is 12.9. The Hall–Kier alpha value is -2.09. The molecule has 1 amide bonds. The van der Waals surface area contributed by atoms with E-state index in [0.717, 1.165) is 0 Å². The van der Waals surface area contributed by atoms with Crippen molar-refractivity contribution in [3.8, 4) is 5.75 Å². The van der Waals surface area contributed by atoms with E-state index in [1.54, 1.807) is 6.07 Å². The maximum absolute atomic E-state index is 14.1. The second-order valence-corrected chi connectivity index (χ2v) is 8.55. The maximum Gasteiger partial charge on any atom is 0.439 e. The SMILES string of the molecule is COc1cccc(C(=O)N2N=C3CC[C@H](C(C)(C)C)C[C@H]3[C@]2(O)C(F)(F)F)c1. The standard InChI is InChI=1S/C20H25F3N2O3/c1-18(2,3)13-8-9-16-15(11-13)19(27,20(21,22)23)25(24-16)17(26)12-6-5-7-14(10-12)28-4/h5-7,10,13,15,27H,8-9,11H2,1-4H3/t13-,15+,19-/m0/s1. The summed E-state index contributed by atoms with van der Waals surface area (Å²) in [6.07, 6.45) is -3.92. The van der Waals surface area contributed by atoms with Crippen molar-refractivity contribution in [2.75, 3.05) is 7.11 Å². The van der Waals surface area contributed by atoms with Gasteiger partial charge in [0.1, 0.15) is 5.75 Å². The third kappa shape index (κ3) is 3.27. The van der Waals surface area contributed by atoms with Crippen LogP contribution in [0.2, 0.25) is 0 Å². The average molecular weight is 398 g/mol. The van der Waals surface area contributed by atoms with E-state index in [0.29, 0.717) is 18.6 Å². The highest BCUT2D eigenvalue weighted by Crippen LogP contribution is 2.52. The third-order valence-corrected chi connectivity index (χ3v) is 5.86. The van der Waals surface area contributed by atoms with Gasteiger partial charge < -0.3 is 9.84 Å². The summed E-state index contributed by atoms with van der Waals surface area (Å²) in [5.74, 6) is -1.95. The number of amides is 1. The van der Waals surface area contributed by atoms with Crippen LogP contribution in [0.4, 0.5) is 13.2 Å². The first-order valence-electron chi connectivity index (χ1n) is 9.24. The van der Waals surface area contributed by atoms with Crippen LogP contribution in [-0.4, -0.2) is 40.7 Å². The van der Waals surface area contributed by atoms with Crippen LogP contribution in [0.3, 0.4) is 0 Å². The van der Waals surface area contributed by atoms with Crippen LogP contribution in [0.1, 0.15) is 50.4 Å². The Morgan fingerprint density at radius 2 is 2.00 bits per heavy atom. The number of halogens is 3. The predicted octanol–water partition coefficient (Wildman–Crippen LogP) is 4.22. The highest BCUT2D eigenvalue weighted by Gasteiger charge is 2.69. The van der Waals surface area contributed by atoms with Gasteiger partial charge in [0.25, 0.3) is 11.6 Å². The van der Waals surface area contributed by atoms with Crippen molar-refractivity contribution >= 4 is 11.6 Å². The zero-order valence-electron chi connectivity index (χ0n) is 16.4. The van der Waals surface area contributed by atoms with Crippen molar-refractivity contribution < 1.29 is 27.8 Å². The van der Waals surface area contributed by atoms with Crippen LogP contribution in [0.15, 0.2) is 29.4 Å². The maximum atomic E-state index is 14.1. The minimum Gasteiger partial charge on any atom is -0.497 e. The number of methoxy groups -OCH3 is 1. The van der Waals surface area contributed by atoms with Crippen molar-refractivity contribution in [2.24, 2.45) is 22.4 Å². The first kappa shape index (κ1) is 20.6. The molecule has 1 fully saturated rings. The second kappa shape index (κ2) is 6.76. The Balaban J connectivity index is 2.02. The number of hydrazone groups is 1. The molecule has 1 heterocycles. The van der Waals surface area contributed by atoms with E-state index in [1.165, 1.54) is 25.3 Å². The number of fused-ring (bicyclic) bond motifs is 1. The zero-order valence-corrected chi connectivity index (χ0v) is 16.4. The molecular formula is C20H25F3N2O3. The Kier molecular flexibility index (Phi) is 4.98. The summed E-state index contributed by atoms with van der Waals surface area (Å²) >= 11 is 0. The summed E-state index contributed by atoms with van der Waals surface area (Å²) in [5, 5.41) is 15.1. The van der Waals surface area contributed by atoms with Crippen LogP contribution in [-0.2, 0) is 0 Å². The molecule has 3 rings (SSSR count). The van der Waals surface area contributed by atoms with Gasteiger partial charge >= 0.3 is 6.18 Å². The zero-order chi connectivity index (χ0) is 20.9. The number of ether oxygens (including phenoxy) is 1. The van der Waals surface area contributed by atoms with E-state index in [9.17, 15) is 23.1 Å². The number of carbonyl (C=O) groups is 1. The van der Waals surface area contributed by atoms with Gasteiger partial charge in [0, 0.05) is 11.3 Å². The molecule has 154 valence electrons. The molecule has 3 atom stereocenters. The molecule has 1 aromatic rings. The van der Waals surface area contributed by atoms with Gasteiger partial charge in [-0.3, -0.25) is 4.79 Å². The monoisotopic (exact) mass is 398 g/mol. The number of nitrogens with zero attached hydrogens (tertiary/aromatic N) is 2. The molecule has 0 unspecified atom stereocenters. The van der Waals surface area contributed by atoms with Crippen LogP contribution in [0, 0.1) is 17.3 Å². The largest absolute Gasteiger partial charge is 0.497 e. The summed E-state index contributed by atoms with van der Waals surface area (Å²) < 4.78 is 47.2. The normalized spacial score (nSPS) is 28.0. The Morgan fingerprint density at radius 1 is 1.32 bits per heavy atom. The molecule has 8 heteroatoms. The fourth-order valence-electron chi connectivity index (χ4n) is 4.09. The molecule has 1 aromatic carbocycles. The highest BCUT2D eigenvalue weighted by molar-refractivity contribution is 5.99. The second-order valence-electron chi connectivity index (χ2n) is 8.55. The minimum absolute atomic E-state index is 0.0165. The van der Waals surface area contributed by atoms with Gasteiger partial charge in [-0.25, -0.2) is 0 Å². The summed E-state index contributed by atoms with van der Waals surface area (Å²) in [6, 6.07) is 5.79. The number of benzene rings is 1. The highest BCUT2D eigenvalue weighted by atomic mass is 19.4. The van der Waals surface area contributed by atoms with Crippen LogP contribution < -0.4 is 4.74 Å². The van der Waals surface area contributed by atoms with Crippen LogP contribution in [0.25, 0.3) is 0 Å². The quantitative estimate of drug-likeness (QED) is 0.811. The third-order valence-electron chi connectivity index (χ3n) is 5.86. The van der Waals surface area contributed by atoms with Gasteiger partial charge in [-0.05, 0) is 48.8 Å². The molecular weight excluding hydrogens is 373 g/mol. The molecule has 1 N–H and O–H groups in total. The van der Waals surface area contributed by atoms with Crippen molar-refractivity contribution in [1.29, 1.82) is 0 Å².